The highest BCUT2D eigenvalue weighted by Crippen LogP contribution is 2.24. The Morgan fingerprint density at radius 1 is 1.37 bits per heavy atom. The van der Waals surface area contributed by atoms with Gasteiger partial charge in [-0.15, -0.1) is 0 Å². The van der Waals surface area contributed by atoms with Crippen molar-refractivity contribution >= 4 is 23.2 Å². The van der Waals surface area contributed by atoms with Crippen LogP contribution in [0.4, 0.5) is 5.69 Å². The van der Waals surface area contributed by atoms with E-state index in [4.69, 9.17) is 16.0 Å². The molecule has 0 saturated carbocycles. The Morgan fingerprint density at radius 2 is 2.26 bits per heavy atom. The summed E-state index contributed by atoms with van der Waals surface area (Å²) < 4.78 is 4.93. The second kappa shape index (κ2) is 5.07. The number of rotatable bonds is 2. The first-order valence-electron chi connectivity index (χ1n) is 6.11. The van der Waals surface area contributed by atoms with Crippen molar-refractivity contribution in [3.8, 4) is 0 Å². The number of benzene rings is 1. The third kappa shape index (κ3) is 2.37. The van der Waals surface area contributed by atoms with Crippen molar-refractivity contribution in [2.45, 2.75) is 13.0 Å². The standard InChI is InChI=1S/C14H13ClN2O2/c15-13-10(5-7-19-13)14(18)17-12-3-1-2-9-4-6-16-8-11(9)12/h1-3,5,7,16H,4,6,8H2,(H,17,18). The van der Waals surface area contributed by atoms with Crippen LogP contribution in [0.25, 0.3) is 0 Å². The van der Waals surface area contributed by atoms with Crippen molar-refractivity contribution in [3.05, 3.63) is 52.4 Å². The molecule has 0 radical (unpaired) electrons. The average molecular weight is 277 g/mol. The lowest BCUT2D eigenvalue weighted by Crippen LogP contribution is -2.25. The molecule has 0 aliphatic carbocycles. The summed E-state index contributed by atoms with van der Waals surface area (Å²) in [6.45, 7) is 1.74. The van der Waals surface area contributed by atoms with Crippen LogP contribution in [0.2, 0.25) is 5.22 Å². The highest BCUT2D eigenvalue weighted by atomic mass is 35.5. The highest BCUT2D eigenvalue weighted by Gasteiger charge is 2.17. The maximum Gasteiger partial charge on any atom is 0.260 e. The molecule has 2 heterocycles. The van der Waals surface area contributed by atoms with E-state index in [0.29, 0.717) is 5.56 Å². The third-order valence-corrected chi connectivity index (χ3v) is 3.55. The van der Waals surface area contributed by atoms with Crippen molar-refractivity contribution in [2.24, 2.45) is 0 Å². The summed E-state index contributed by atoms with van der Waals surface area (Å²) in [5.41, 5.74) is 3.59. The summed E-state index contributed by atoms with van der Waals surface area (Å²) in [6, 6.07) is 7.51. The molecular formula is C14H13ClN2O2. The molecular weight excluding hydrogens is 264 g/mol. The van der Waals surface area contributed by atoms with Crippen LogP contribution >= 0.6 is 11.6 Å². The molecule has 1 aliphatic rings. The van der Waals surface area contributed by atoms with Crippen molar-refractivity contribution in [1.82, 2.24) is 5.32 Å². The van der Waals surface area contributed by atoms with Crippen LogP contribution in [0.15, 0.2) is 34.9 Å². The molecule has 5 heteroatoms. The van der Waals surface area contributed by atoms with Gasteiger partial charge in [-0.25, -0.2) is 0 Å². The topological polar surface area (TPSA) is 54.3 Å². The second-order valence-electron chi connectivity index (χ2n) is 4.43. The van der Waals surface area contributed by atoms with Crippen LogP contribution in [0.1, 0.15) is 21.5 Å². The number of hydrogen-bond donors (Lipinski definition) is 2. The quantitative estimate of drug-likeness (QED) is 0.887. The number of nitrogens with one attached hydrogen (secondary N) is 2. The molecule has 1 amide bonds. The number of carbonyl (C=O) groups excluding carboxylic acids is 1. The molecule has 2 aromatic rings. The molecule has 1 aromatic carbocycles. The van der Waals surface area contributed by atoms with Crippen LogP contribution in [-0.2, 0) is 13.0 Å². The van der Waals surface area contributed by atoms with Gasteiger partial charge in [0.05, 0.1) is 11.8 Å². The van der Waals surface area contributed by atoms with Gasteiger partial charge in [0.2, 0.25) is 5.22 Å². The number of hydrogen-bond acceptors (Lipinski definition) is 3. The Balaban J connectivity index is 1.88. The smallest absolute Gasteiger partial charge is 0.260 e. The lowest BCUT2D eigenvalue weighted by Gasteiger charge is -2.20. The zero-order valence-corrected chi connectivity index (χ0v) is 11.0. The molecule has 19 heavy (non-hydrogen) atoms. The molecule has 0 saturated heterocycles. The van der Waals surface area contributed by atoms with Gasteiger partial charge in [0.25, 0.3) is 5.91 Å². The summed E-state index contributed by atoms with van der Waals surface area (Å²) in [4.78, 5) is 12.1. The first-order chi connectivity index (χ1) is 9.25. The van der Waals surface area contributed by atoms with E-state index in [-0.39, 0.29) is 11.1 Å². The van der Waals surface area contributed by atoms with E-state index in [2.05, 4.69) is 16.7 Å². The molecule has 2 N–H and O–H groups in total. The summed E-state index contributed by atoms with van der Waals surface area (Å²) >= 11 is 5.80. The van der Waals surface area contributed by atoms with Gasteiger partial charge in [-0.3, -0.25) is 4.79 Å². The van der Waals surface area contributed by atoms with Crippen LogP contribution in [0, 0.1) is 0 Å². The third-order valence-electron chi connectivity index (χ3n) is 3.26. The fourth-order valence-electron chi connectivity index (χ4n) is 2.28. The first-order valence-corrected chi connectivity index (χ1v) is 6.49. The number of anilines is 1. The Bertz CT molecular complexity index is 622. The van der Waals surface area contributed by atoms with Crippen molar-refractivity contribution < 1.29 is 9.21 Å². The first kappa shape index (κ1) is 12.3. The van der Waals surface area contributed by atoms with Crippen LogP contribution in [0.3, 0.4) is 0 Å². The van der Waals surface area contributed by atoms with E-state index >= 15 is 0 Å². The summed E-state index contributed by atoms with van der Waals surface area (Å²) in [6.07, 6.45) is 2.38. The van der Waals surface area contributed by atoms with Gasteiger partial charge in [-0.2, -0.15) is 0 Å². The van der Waals surface area contributed by atoms with Gasteiger partial charge < -0.3 is 15.1 Å². The second-order valence-corrected chi connectivity index (χ2v) is 4.78. The van der Waals surface area contributed by atoms with Crippen LogP contribution < -0.4 is 10.6 Å². The minimum Gasteiger partial charge on any atom is -0.452 e. The van der Waals surface area contributed by atoms with Crippen molar-refractivity contribution in [1.29, 1.82) is 0 Å². The largest absolute Gasteiger partial charge is 0.452 e. The number of amides is 1. The number of furan rings is 1. The van der Waals surface area contributed by atoms with E-state index in [0.717, 1.165) is 30.8 Å². The van der Waals surface area contributed by atoms with E-state index in [1.54, 1.807) is 6.07 Å². The Kier molecular flexibility index (Phi) is 3.27. The number of carbonyl (C=O) groups is 1. The summed E-state index contributed by atoms with van der Waals surface area (Å²) in [5.74, 6) is -0.252. The maximum absolute atomic E-state index is 12.1. The van der Waals surface area contributed by atoms with Gasteiger partial charge in [0, 0.05) is 12.2 Å². The molecule has 0 unspecified atom stereocenters. The maximum atomic E-state index is 12.1. The van der Waals surface area contributed by atoms with E-state index in [1.807, 2.05) is 12.1 Å². The molecule has 1 aromatic heterocycles. The van der Waals surface area contributed by atoms with E-state index in [1.165, 1.54) is 11.8 Å². The van der Waals surface area contributed by atoms with Crippen molar-refractivity contribution in [3.63, 3.8) is 0 Å². The SMILES string of the molecule is O=C(Nc1cccc2c1CNCC2)c1ccoc1Cl. The summed E-state index contributed by atoms with van der Waals surface area (Å²) in [7, 11) is 0. The Labute approximate surface area is 115 Å². The fourth-order valence-corrected chi connectivity index (χ4v) is 2.48. The zero-order valence-electron chi connectivity index (χ0n) is 10.2. The minimum absolute atomic E-state index is 0.112. The van der Waals surface area contributed by atoms with Gasteiger partial charge in [0.15, 0.2) is 0 Å². The number of halogens is 1. The van der Waals surface area contributed by atoms with E-state index in [9.17, 15) is 4.79 Å². The normalized spacial score (nSPS) is 13.9. The lowest BCUT2D eigenvalue weighted by atomic mass is 9.99. The van der Waals surface area contributed by atoms with Gasteiger partial charge in [-0.05, 0) is 47.8 Å². The predicted octanol–water partition coefficient (Wildman–Crippen LogP) is 2.83. The minimum atomic E-state index is -0.252. The molecule has 0 bridgehead atoms. The van der Waals surface area contributed by atoms with Gasteiger partial charge in [-0.1, -0.05) is 12.1 Å². The molecule has 98 valence electrons. The monoisotopic (exact) mass is 276 g/mol. The lowest BCUT2D eigenvalue weighted by molar-refractivity contribution is 0.102. The van der Waals surface area contributed by atoms with E-state index < -0.39 is 0 Å². The number of fused-ring (bicyclic) bond motifs is 1. The predicted molar refractivity (Wildman–Crippen MR) is 73.5 cm³/mol. The molecule has 3 rings (SSSR count). The van der Waals surface area contributed by atoms with Gasteiger partial charge in [0.1, 0.15) is 0 Å². The Morgan fingerprint density at radius 3 is 3.05 bits per heavy atom. The van der Waals surface area contributed by atoms with Crippen LogP contribution in [0.5, 0.6) is 0 Å². The molecule has 4 nitrogen and oxygen atoms in total. The zero-order chi connectivity index (χ0) is 13.2. The fraction of sp³-hybridized carbons (Fsp3) is 0.214. The summed E-state index contributed by atoms with van der Waals surface area (Å²) in [5, 5.41) is 6.31. The average Bonchev–Trinajstić information content (AvgIpc) is 2.85. The molecule has 0 spiro atoms. The van der Waals surface area contributed by atoms with Crippen LogP contribution in [-0.4, -0.2) is 12.5 Å². The van der Waals surface area contributed by atoms with Gasteiger partial charge >= 0.3 is 0 Å². The highest BCUT2D eigenvalue weighted by molar-refractivity contribution is 6.32. The molecule has 0 atom stereocenters. The molecule has 0 fully saturated rings. The van der Waals surface area contributed by atoms with Crippen molar-refractivity contribution in [2.75, 3.05) is 11.9 Å². The Hall–Kier alpha value is -1.78. The molecule has 1 aliphatic heterocycles.